The molecule has 1 saturated carbocycles. The molecule has 0 amide bonds. The van der Waals surface area contributed by atoms with E-state index in [0.717, 1.165) is 5.92 Å². The molecular formula is C16H30. The number of rotatable bonds is 4. The molecule has 1 fully saturated rings. The predicted octanol–water partition coefficient (Wildman–Crippen LogP) is 5.73. The minimum absolute atomic E-state index is 0.522. The number of hydrogen-bond donors (Lipinski definition) is 0. The summed E-state index contributed by atoms with van der Waals surface area (Å²) in [4.78, 5) is 0. The molecule has 0 heterocycles. The van der Waals surface area contributed by atoms with Gasteiger partial charge in [0, 0.05) is 0 Å². The summed E-state index contributed by atoms with van der Waals surface area (Å²) in [6.07, 6.45) is 13.6. The zero-order chi connectivity index (χ0) is 12.0. The Balaban J connectivity index is 2.26. The maximum absolute atomic E-state index is 2.54. The van der Waals surface area contributed by atoms with E-state index < -0.39 is 0 Å². The van der Waals surface area contributed by atoms with Gasteiger partial charge in [-0.25, -0.2) is 0 Å². The van der Waals surface area contributed by atoms with E-state index in [1.165, 1.54) is 51.4 Å². The molecule has 0 nitrogen and oxygen atoms in total. The fourth-order valence-electron chi connectivity index (χ4n) is 2.76. The summed E-state index contributed by atoms with van der Waals surface area (Å²) in [5.74, 6) is 0.945. The summed E-state index contributed by atoms with van der Waals surface area (Å²) in [7, 11) is 0. The van der Waals surface area contributed by atoms with Crippen LogP contribution in [0.4, 0.5) is 0 Å². The molecule has 0 unspecified atom stereocenters. The minimum atomic E-state index is 0.522. The van der Waals surface area contributed by atoms with Gasteiger partial charge in [-0.3, -0.25) is 0 Å². The van der Waals surface area contributed by atoms with Crippen LogP contribution in [0.5, 0.6) is 0 Å². The molecule has 0 aromatic heterocycles. The van der Waals surface area contributed by atoms with Crippen LogP contribution in [0.25, 0.3) is 0 Å². The minimum Gasteiger partial charge on any atom is -0.0853 e. The van der Waals surface area contributed by atoms with Crippen molar-refractivity contribution in [3.8, 4) is 0 Å². The molecule has 16 heavy (non-hydrogen) atoms. The average molecular weight is 222 g/mol. The van der Waals surface area contributed by atoms with Crippen LogP contribution < -0.4 is 0 Å². The maximum atomic E-state index is 2.54. The zero-order valence-electron chi connectivity index (χ0n) is 11.8. The van der Waals surface area contributed by atoms with E-state index in [1.54, 1.807) is 5.57 Å². The van der Waals surface area contributed by atoms with Crippen LogP contribution in [-0.4, -0.2) is 0 Å². The first-order valence-electron chi connectivity index (χ1n) is 7.22. The predicted molar refractivity (Wildman–Crippen MR) is 73.6 cm³/mol. The van der Waals surface area contributed by atoms with Crippen LogP contribution in [0.1, 0.15) is 79.1 Å². The van der Waals surface area contributed by atoms with Crippen LogP contribution in [-0.2, 0) is 0 Å². The monoisotopic (exact) mass is 222 g/mol. The van der Waals surface area contributed by atoms with E-state index in [2.05, 4.69) is 33.8 Å². The van der Waals surface area contributed by atoms with Crippen molar-refractivity contribution in [2.24, 2.45) is 11.3 Å². The summed E-state index contributed by atoms with van der Waals surface area (Å²) in [6.45, 7) is 9.47. The van der Waals surface area contributed by atoms with Gasteiger partial charge in [0.05, 0.1) is 0 Å². The number of unbranched alkanes of at least 4 members (excludes halogenated alkanes) is 3. The van der Waals surface area contributed by atoms with Gasteiger partial charge in [-0.1, -0.05) is 52.2 Å². The van der Waals surface area contributed by atoms with Crippen molar-refractivity contribution >= 4 is 0 Å². The molecule has 0 N–H and O–H groups in total. The third kappa shape index (κ3) is 4.72. The van der Waals surface area contributed by atoms with Gasteiger partial charge in [-0.2, -0.15) is 0 Å². The zero-order valence-corrected chi connectivity index (χ0v) is 11.8. The first-order chi connectivity index (χ1) is 7.54. The van der Waals surface area contributed by atoms with Crippen LogP contribution in [0, 0.1) is 11.3 Å². The molecule has 0 heteroatoms. The first-order valence-corrected chi connectivity index (χ1v) is 7.22. The lowest BCUT2D eigenvalue weighted by atomic mass is 9.71. The smallest absolute Gasteiger partial charge is 0.0317 e. The molecule has 1 rings (SSSR count). The summed E-state index contributed by atoms with van der Waals surface area (Å²) in [6, 6.07) is 0. The Morgan fingerprint density at radius 2 is 1.75 bits per heavy atom. The Morgan fingerprint density at radius 1 is 1.12 bits per heavy atom. The molecule has 0 aliphatic heterocycles. The lowest BCUT2D eigenvalue weighted by molar-refractivity contribution is 0.197. The Bertz CT molecular complexity index is 207. The molecule has 1 aliphatic rings. The molecule has 94 valence electrons. The van der Waals surface area contributed by atoms with Crippen molar-refractivity contribution in [2.75, 3.05) is 0 Å². The summed E-state index contributed by atoms with van der Waals surface area (Å²) < 4.78 is 0. The molecule has 0 spiro atoms. The Hall–Kier alpha value is -0.260. The normalized spacial score (nSPS) is 22.2. The van der Waals surface area contributed by atoms with Gasteiger partial charge in [0.15, 0.2) is 0 Å². The van der Waals surface area contributed by atoms with Gasteiger partial charge >= 0.3 is 0 Å². The van der Waals surface area contributed by atoms with Crippen LogP contribution in [0.3, 0.4) is 0 Å². The van der Waals surface area contributed by atoms with Crippen LogP contribution >= 0.6 is 0 Å². The second kappa shape index (κ2) is 6.47. The third-order valence-corrected chi connectivity index (χ3v) is 4.09. The van der Waals surface area contributed by atoms with Crippen molar-refractivity contribution in [1.82, 2.24) is 0 Å². The topological polar surface area (TPSA) is 0 Å². The molecular weight excluding hydrogens is 192 g/mol. The molecule has 0 aromatic carbocycles. The van der Waals surface area contributed by atoms with Crippen molar-refractivity contribution in [3.05, 3.63) is 11.6 Å². The van der Waals surface area contributed by atoms with Gasteiger partial charge in [0.1, 0.15) is 0 Å². The first kappa shape index (κ1) is 13.8. The Labute approximate surface area is 103 Å². The van der Waals surface area contributed by atoms with Crippen molar-refractivity contribution in [2.45, 2.75) is 79.1 Å². The number of hydrogen-bond acceptors (Lipinski definition) is 0. The standard InChI is InChI=1S/C16H30/c1-5-6-7-8-9-14-10-12-15(13-11-14)16(2,3)4/h9,15H,5-8,10-13H2,1-4H3. The maximum Gasteiger partial charge on any atom is -0.0317 e. The quantitative estimate of drug-likeness (QED) is 0.421. The highest BCUT2D eigenvalue weighted by atomic mass is 14.3. The van der Waals surface area contributed by atoms with E-state index in [4.69, 9.17) is 0 Å². The van der Waals surface area contributed by atoms with Crippen LogP contribution in [0.2, 0.25) is 0 Å². The van der Waals surface area contributed by atoms with Gasteiger partial charge in [-0.05, 0) is 49.9 Å². The van der Waals surface area contributed by atoms with Gasteiger partial charge < -0.3 is 0 Å². The average Bonchev–Trinajstić information content (AvgIpc) is 2.24. The van der Waals surface area contributed by atoms with Crippen molar-refractivity contribution in [3.63, 3.8) is 0 Å². The van der Waals surface area contributed by atoms with E-state index >= 15 is 0 Å². The number of allylic oxidation sites excluding steroid dienone is 2. The summed E-state index contributed by atoms with van der Waals surface area (Å²) in [5, 5.41) is 0. The fraction of sp³-hybridized carbons (Fsp3) is 0.875. The molecule has 0 radical (unpaired) electrons. The van der Waals surface area contributed by atoms with E-state index in [-0.39, 0.29) is 0 Å². The Kier molecular flexibility index (Phi) is 5.58. The molecule has 0 saturated heterocycles. The third-order valence-electron chi connectivity index (χ3n) is 4.09. The van der Waals surface area contributed by atoms with E-state index in [0.29, 0.717) is 5.41 Å². The second-order valence-electron chi connectivity index (χ2n) is 6.50. The lowest BCUT2D eigenvalue weighted by Crippen LogP contribution is -2.23. The molecule has 0 atom stereocenters. The SMILES string of the molecule is CCCCCC=C1CCC(C(C)(C)C)CC1. The fourth-order valence-corrected chi connectivity index (χ4v) is 2.76. The largest absolute Gasteiger partial charge is 0.0853 e. The van der Waals surface area contributed by atoms with Crippen molar-refractivity contribution < 1.29 is 0 Å². The summed E-state index contributed by atoms with van der Waals surface area (Å²) in [5.41, 5.74) is 2.27. The lowest BCUT2D eigenvalue weighted by Gasteiger charge is -2.34. The highest BCUT2D eigenvalue weighted by Crippen LogP contribution is 2.39. The van der Waals surface area contributed by atoms with E-state index in [1.807, 2.05) is 0 Å². The van der Waals surface area contributed by atoms with Crippen LogP contribution in [0.15, 0.2) is 11.6 Å². The highest BCUT2D eigenvalue weighted by Gasteiger charge is 2.27. The summed E-state index contributed by atoms with van der Waals surface area (Å²) >= 11 is 0. The van der Waals surface area contributed by atoms with Gasteiger partial charge in [0.25, 0.3) is 0 Å². The highest BCUT2D eigenvalue weighted by molar-refractivity contribution is 5.06. The molecule has 1 aliphatic carbocycles. The van der Waals surface area contributed by atoms with Gasteiger partial charge in [0.2, 0.25) is 0 Å². The molecule has 0 aromatic rings. The van der Waals surface area contributed by atoms with E-state index in [9.17, 15) is 0 Å². The van der Waals surface area contributed by atoms with Gasteiger partial charge in [-0.15, -0.1) is 0 Å². The Morgan fingerprint density at radius 3 is 2.25 bits per heavy atom. The molecule has 0 bridgehead atoms. The van der Waals surface area contributed by atoms with Crippen molar-refractivity contribution in [1.29, 1.82) is 0 Å². The second-order valence-corrected chi connectivity index (χ2v) is 6.50.